The van der Waals surface area contributed by atoms with Gasteiger partial charge in [0.15, 0.2) is 5.78 Å². The Morgan fingerprint density at radius 2 is 1.67 bits per heavy atom. The van der Waals surface area contributed by atoms with Crippen molar-refractivity contribution in [3.63, 3.8) is 0 Å². The molecule has 0 radical (unpaired) electrons. The van der Waals surface area contributed by atoms with Gasteiger partial charge in [-0.25, -0.2) is 4.79 Å². The van der Waals surface area contributed by atoms with Crippen LogP contribution in [0.4, 0.5) is 4.79 Å². The zero-order valence-electron chi connectivity index (χ0n) is 27.6. The smallest absolute Gasteiger partial charge is 0.315 e. The molecule has 248 valence electrons. The standard InChI is InChI=1S/C33H50N6O6/c1-18(2)21-15-25(30(43)36-24(14-20-11-12-20)27(41)29(34)42)39(17-21)31(44)28(33(5,6)7)38-32(45)37-23(19(3)4)16-26(40)22-10-8-9-13-35-22/h8-10,13,18-21,23-25,28H,11-12,14-17H2,1-7H3,(H2,34,42)(H,36,43)(H2,37,38,45)/t21-,23-,24?,25+,28-/m1/s1. The molecule has 1 unspecified atom stereocenters. The number of aromatic nitrogens is 1. The number of rotatable bonds is 14. The Kier molecular flexibility index (Phi) is 11.9. The highest BCUT2D eigenvalue weighted by Gasteiger charge is 2.46. The number of hydrogen-bond acceptors (Lipinski definition) is 7. The topological polar surface area (TPSA) is 181 Å². The summed E-state index contributed by atoms with van der Waals surface area (Å²) in [7, 11) is 0. The molecular formula is C33H50N6O6. The second-order valence-corrected chi connectivity index (χ2v) is 14.3. The van der Waals surface area contributed by atoms with Gasteiger partial charge in [-0.3, -0.25) is 29.0 Å². The van der Waals surface area contributed by atoms with Gasteiger partial charge in [-0.1, -0.05) is 67.4 Å². The fraction of sp³-hybridized carbons (Fsp3) is 0.667. The van der Waals surface area contributed by atoms with Crippen LogP contribution in [0.3, 0.4) is 0 Å². The van der Waals surface area contributed by atoms with Crippen LogP contribution in [-0.2, 0) is 19.2 Å². The van der Waals surface area contributed by atoms with E-state index in [0.29, 0.717) is 25.1 Å². The van der Waals surface area contributed by atoms with Crippen LogP contribution in [0, 0.1) is 29.1 Å². The first-order valence-corrected chi connectivity index (χ1v) is 15.9. The largest absolute Gasteiger partial charge is 0.363 e. The molecule has 5 amide bonds. The average Bonchev–Trinajstić information content (AvgIpc) is 3.66. The minimum Gasteiger partial charge on any atom is -0.363 e. The van der Waals surface area contributed by atoms with Gasteiger partial charge >= 0.3 is 6.03 Å². The third-order valence-electron chi connectivity index (χ3n) is 8.87. The van der Waals surface area contributed by atoms with Crippen molar-refractivity contribution in [3.05, 3.63) is 30.1 Å². The van der Waals surface area contributed by atoms with E-state index in [-0.39, 0.29) is 35.9 Å². The summed E-state index contributed by atoms with van der Waals surface area (Å²) in [4.78, 5) is 83.9. The van der Waals surface area contributed by atoms with Gasteiger partial charge < -0.3 is 26.6 Å². The summed E-state index contributed by atoms with van der Waals surface area (Å²) < 4.78 is 0. The summed E-state index contributed by atoms with van der Waals surface area (Å²) in [5, 5.41) is 8.42. The number of pyridine rings is 1. The van der Waals surface area contributed by atoms with Crippen LogP contribution in [0.1, 0.15) is 91.1 Å². The number of likely N-dealkylation sites (tertiary alicyclic amines) is 1. The average molecular weight is 627 g/mol. The van der Waals surface area contributed by atoms with Crippen molar-refractivity contribution in [2.24, 2.45) is 34.8 Å². The molecule has 12 nitrogen and oxygen atoms in total. The molecule has 1 saturated heterocycles. The zero-order valence-corrected chi connectivity index (χ0v) is 27.6. The highest BCUT2D eigenvalue weighted by atomic mass is 16.2. The molecule has 5 atom stereocenters. The number of urea groups is 1. The van der Waals surface area contributed by atoms with Gasteiger partial charge in [0.05, 0.1) is 6.04 Å². The second kappa shape index (κ2) is 15.0. The van der Waals surface area contributed by atoms with Crippen LogP contribution in [0.15, 0.2) is 24.4 Å². The van der Waals surface area contributed by atoms with E-state index in [1.807, 2.05) is 48.5 Å². The van der Waals surface area contributed by atoms with Crippen LogP contribution in [0.2, 0.25) is 0 Å². The number of primary amides is 1. The lowest BCUT2D eigenvalue weighted by atomic mass is 9.85. The number of amides is 5. The fourth-order valence-corrected chi connectivity index (χ4v) is 5.64. The van der Waals surface area contributed by atoms with Gasteiger partial charge in [-0.2, -0.15) is 0 Å². The van der Waals surface area contributed by atoms with Gasteiger partial charge in [0.1, 0.15) is 17.8 Å². The molecule has 12 heteroatoms. The van der Waals surface area contributed by atoms with Crippen molar-refractivity contribution in [2.45, 2.75) is 105 Å². The molecule has 2 fully saturated rings. The first-order valence-electron chi connectivity index (χ1n) is 15.9. The molecule has 0 aromatic carbocycles. The Hall–Kier alpha value is -3.83. The summed E-state index contributed by atoms with van der Waals surface area (Å²) in [6.45, 7) is 13.6. The Bertz CT molecular complexity index is 1260. The molecule has 3 rings (SSSR count). The predicted molar refractivity (Wildman–Crippen MR) is 169 cm³/mol. The number of nitrogens with two attached hydrogens (primary N) is 1. The van der Waals surface area contributed by atoms with E-state index in [1.54, 1.807) is 18.2 Å². The van der Waals surface area contributed by atoms with Gasteiger partial charge in [-0.15, -0.1) is 0 Å². The quantitative estimate of drug-likeness (QED) is 0.181. The number of Topliss-reactive ketones (excluding diaryl/α,β-unsaturated/α-hetero) is 2. The number of ketones is 2. The molecular weight excluding hydrogens is 576 g/mol. The summed E-state index contributed by atoms with van der Waals surface area (Å²) in [6, 6.07) is 1.01. The van der Waals surface area contributed by atoms with E-state index in [0.717, 1.165) is 12.8 Å². The number of hydrogen-bond donors (Lipinski definition) is 4. The summed E-state index contributed by atoms with van der Waals surface area (Å²) in [5.41, 5.74) is 4.84. The van der Waals surface area contributed by atoms with E-state index < -0.39 is 59.1 Å². The van der Waals surface area contributed by atoms with E-state index in [9.17, 15) is 28.8 Å². The highest BCUT2D eigenvalue weighted by molar-refractivity contribution is 6.37. The Morgan fingerprint density at radius 1 is 1.00 bits per heavy atom. The molecule has 1 aromatic heterocycles. The molecule has 0 spiro atoms. The lowest BCUT2D eigenvalue weighted by molar-refractivity contribution is -0.143. The minimum atomic E-state index is -1.11. The monoisotopic (exact) mass is 626 g/mol. The van der Waals surface area contributed by atoms with E-state index in [2.05, 4.69) is 20.9 Å². The fourth-order valence-electron chi connectivity index (χ4n) is 5.64. The molecule has 45 heavy (non-hydrogen) atoms. The molecule has 0 bridgehead atoms. The maximum absolute atomic E-state index is 14.2. The van der Waals surface area contributed by atoms with Crippen LogP contribution >= 0.6 is 0 Å². The van der Waals surface area contributed by atoms with Crippen molar-refractivity contribution in [2.75, 3.05) is 6.54 Å². The maximum atomic E-state index is 14.2. The van der Waals surface area contributed by atoms with Crippen molar-refractivity contribution in [1.82, 2.24) is 25.8 Å². The van der Waals surface area contributed by atoms with Crippen molar-refractivity contribution >= 4 is 35.3 Å². The lowest BCUT2D eigenvalue weighted by Crippen LogP contribution is -2.60. The Balaban J connectivity index is 1.78. The molecule has 2 aliphatic rings. The van der Waals surface area contributed by atoms with Crippen LogP contribution in [0.5, 0.6) is 0 Å². The van der Waals surface area contributed by atoms with E-state index >= 15 is 0 Å². The van der Waals surface area contributed by atoms with Gasteiger partial charge in [0.25, 0.3) is 5.91 Å². The summed E-state index contributed by atoms with van der Waals surface area (Å²) >= 11 is 0. The molecule has 1 aromatic rings. The minimum absolute atomic E-state index is 0.01000. The second-order valence-electron chi connectivity index (χ2n) is 14.3. The van der Waals surface area contributed by atoms with Crippen LogP contribution in [-0.4, -0.2) is 75.9 Å². The normalized spacial score (nSPS) is 20.3. The molecule has 2 heterocycles. The zero-order chi connectivity index (χ0) is 33.6. The number of nitrogens with one attached hydrogen (secondary N) is 3. The number of carbonyl (C=O) groups excluding carboxylic acids is 6. The van der Waals surface area contributed by atoms with E-state index in [4.69, 9.17) is 5.73 Å². The van der Waals surface area contributed by atoms with Crippen LogP contribution in [0.25, 0.3) is 0 Å². The highest BCUT2D eigenvalue weighted by Crippen LogP contribution is 2.35. The Labute approximate surface area is 266 Å². The van der Waals surface area contributed by atoms with Gasteiger partial charge in [-0.05, 0) is 54.1 Å². The third kappa shape index (κ3) is 9.83. The van der Waals surface area contributed by atoms with E-state index in [1.165, 1.54) is 11.1 Å². The first-order chi connectivity index (χ1) is 21.0. The lowest BCUT2D eigenvalue weighted by Gasteiger charge is -2.36. The van der Waals surface area contributed by atoms with Crippen molar-refractivity contribution in [3.8, 4) is 0 Å². The predicted octanol–water partition coefficient (Wildman–Crippen LogP) is 2.61. The Morgan fingerprint density at radius 3 is 2.18 bits per heavy atom. The van der Waals surface area contributed by atoms with Crippen molar-refractivity contribution < 1.29 is 28.8 Å². The number of nitrogens with zero attached hydrogens (tertiary/aromatic N) is 2. The van der Waals surface area contributed by atoms with Crippen LogP contribution < -0.4 is 21.7 Å². The van der Waals surface area contributed by atoms with Crippen molar-refractivity contribution in [1.29, 1.82) is 0 Å². The SMILES string of the molecule is CC(C)[C@@H]1C[C@@H](C(=O)NC(CC2CC2)C(=O)C(N)=O)N(C(=O)[C@@H](NC(=O)N[C@H](CC(=O)c2ccccn2)C(C)C)C(C)(C)C)C1. The maximum Gasteiger partial charge on any atom is 0.315 e. The molecule has 1 aliphatic carbocycles. The first kappa shape index (κ1) is 35.6. The number of carbonyl (C=O) groups is 6. The molecule has 1 saturated carbocycles. The van der Waals surface area contributed by atoms with Gasteiger partial charge in [0.2, 0.25) is 17.6 Å². The molecule has 1 aliphatic heterocycles. The van der Waals surface area contributed by atoms with Gasteiger partial charge in [0, 0.05) is 25.2 Å². The molecule has 5 N–H and O–H groups in total. The third-order valence-corrected chi connectivity index (χ3v) is 8.87. The summed E-state index contributed by atoms with van der Waals surface area (Å²) in [6.07, 6.45) is 4.11. The summed E-state index contributed by atoms with van der Waals surface area (Å²) in [5.74, 6) is -2.77.